The van der Waals surface area contributed by atoms with Gasteiger partial charge in [-0.2, -0.15) is 0 Å². The van der Waals surface area contributed by atoms with Gasteiger partial charge in [0, 0.05) is 12.5 Å². The summed E-state index contributed by atoms with van der Waals surface area (Å²) in [5.41, 5.74) is 1.16. The summed E-state index contributed by atoms with van der Waals surface area (Å²) in [6.07, 6.45) is 13.4. The normalized spacial score (nSPS) is 14.7. The van der Waals surface area contributed by atoms with Crippen molar-refractivity contribution >= 4 is 11.8 Å². The van der Waals surface area contributed by atoms with Gasteiger partial charge in [0.25, 0.3) is 0 Å². The number of hydrogen-bond donors (Lipinski definition) is 1. The number of carbonyl (C=O) groups is 2. The van der Waals surface area contributed by atoms with Crippen molar-refractivity contribution < 1.29 is 28.9 Å². The average molecular weight is 497 g/mol. The van der Waals surface area contributed by atoms with Gasteiger partial charge < -0.3 is 19.3 Å². The van der Waals surface area contributed by atoms with Gasteiger partial charge in [-0.1, -0.05) is 77.2 Å². The summed E-state index contributed by atoms with van der Waals surface area (Å²) in [6.45, 7) is 2.24. The molecule has 1 N–H and O–H groups in total. The lowest BCUT2D eigenvalue weighted by atomic mass is 9.96. The number of unbranched alkanes of at least 4 members (excludes halogenated alkanes) is 10. The van der Waals surface area contributed by atoms with E-state index in [1.807, 2.05) is 0 Å². The van der Waals surface area contributed by atoms with E-state index in [1.165, 1.54) is 57.4 Å². The molecule has 36 heavy (non-hydrogen) atoms. The standard InChI is InChI=1S/C30H40O6/c1-3-4-5-6-7-8-9-10-11-12-13-14-30(33)36-27-18-15-22(19-26(27)32)28-21-25(31)24-17-16-23(34-2)20-29(24)35-28/h15-20,28,32H,3-14,21H2,1-2H3. The largest absolute Gasteiger partial charge is 0.504 e. The number of ketones is 1. The summed E-state index contributed by atoms with van der Waals surface area (Å²) in [6, 6.07) is 9.87. The van der Waals surface area contributed by atoms with Crippen LogP contribution in [-0.4, -0.2) is 24.0 Å². The molecule has 0 saturated carbocycles. The first-order valence-electron chi connectivity index (χ1n) is 13.4. The Bertz CT molecular complexity index is 999. The van der Waals surface area contributed by atoms with Crippen molar-refractivity contribution in [1.29, 1.82) is 0 Å². The zero-order chi connectivity index (χ0) is 25.8. The molecule has 196 valence electrons. The van der Waals surface area contributed by atoms with E-state index in [1.54, 1.807) is 37.4 Å². The fourth-order valence-electron chi connectivity index (χ4n) is 4.54. The second-order valence-corrected chi connectivity index (χ2v) is 9.58. The lowest BCUT2D eigenvalue weighted by molar-refractivity contribution is -0.134. The van der Waals surface area contributed by atoms with Crippen molar-refractivity contribution in [1.82, 2.24) is 0 Å². The molecule has 0 fully saturated rings. The molecule has 2 aromatic rings. The summed E-state index contributed by atoms with van der Waals surface area (Å²) < 4.78 is 16.6. The first-order valence-corrected chi connectivity index (χ1v) is 13.4. The van der Waals surface area contributed by atoms with Crippen molar-refractivity contribution in [3.63, 3.8) is 0 Å². The highest BCUT2D eigenvalue weighted by Gasteiger charge is 2.28. The third kappa shape index (κ3) is 8.28. The molecule has 0 aromatic heterocycles. The number of rotatable bonds is 15. The van der Waals surface area contributed by atoms with Gasteiger partial charge in [-0.05, 0) is 36.2 Å². The summed E-state index contributed by atoms with van der Waals surface area (Å²) in [7, 11) is 1.55. The van der Waals surface area contributed by atoms with E-state index in [0.29, 0.717) is 29.0 Å². The quantitative estimate of drug-likeness (QED) is 0.154. The molecule has 3 rings (SSSR count). The van der Waals surface area contributed by atoms with Gasteiger partial charge in [-0.25, -0.2) is 0 Å². The molecule has 0 aliphatic carbocycles. The molecule has 1 aliphatic rings. The SMILES string of the molecule is CCCCCCCCCCCCCC(=O)Oc1ccc(C2CC(=O)c3ccc(OC)cc3O2)cc1O. The number of Topliss-reactive ketones (excluding diaryl/α,β-unsaturated/α-hetero) is 1. The summed E-state index contributed by atoms with van der Waals surface area (Å²) in [4.78, 5) is 24.8. The van der Waals surface area contributed by atoms with E-state index >= 15 is 0 Å². The third-order valence-corrected chi connectivity index (χ3v) is 6.69. The smallest absolute Gasteiger partial charge is 0.311 e. The van der Waals surface area contributed by atoms with Crippen molar-refractivity contribution in [3.8, 4) is 23.0 Å². The monoisotopic (exact) mass is 496 g/mol. The number of carbonyl (C=O) groups excluding carboxylic acids is 2. The molecule has 6 nitrogen and oxygen atoms in total. The highest BCUT2D eigenvalue weighted by molar-refractivity contribution is 6.00. The molecular formula is C30H40O6. The molecule has 0 bridgehead atoms. The molecule has 6 heteroatoms. The summed E-state index contributed by atoms with van der Waals surface area (Å²) in [5, 5.41) is 10.4. The van der Waals surface area contributed by atoms with E-state index in [2.05, 4.69) is 6.92 Å². The minimum Gasteiger partial charge on any atom is -0.504 e. The Kier molecular flexibility index (Phi) is 11.1. The van der Waals surface area contributed by atoms with Crippen LogP contribution in [0.2, 0.25) is 0 Å². The predicted molar refractivity (Wildman–Crippen MR) is 140 cm³/mol. The number of hydrogen-bond acceptors (Lipinski definition) is 6. The van der Waals surface area contributed by atoms with Crippen molar-refractivity contribution in [2.45, 2.75) is 96.5 Å². The van der Waals surface area contributed by atoms with E-state index in [9.17, 15) is 14.7 Å². The number of aromatic hydroxyl groups is 1. The van der Waals surface area contributed by atoms with Crippen molar-refractivity contribution in [2.75, 3.05) is 7.11 Å². The Morgan fingerprint density at radius 3 is 2.25 bits per heavy atom. The Hall–Kier alpha value is -3.02. The van der Waals surface area contributed by atoms with Crippen LogP contribution in [0.25, 0.3) is 0 Å². The van der Waals surface area contributed by atoms with E-state index in [0.717, 1.165) is 19.3 Å². The number of ether oxygens (including phenoxy) is 3. The molecule has 1 atom stereocenters. The second-order valence-electron chi connectivity index (χ2n) is 9.58. The minimum atomic E-state index is -0.538. The molecule has 1 aliphatic heterocycles. The van der Waals surface area contributed by atoms with Gasteiger partial charge in [0.15, 0.2) is 17.3 Å². The van der Waals surface area contributed by atoms with Gasteiger partial charge in [0.05, 0.1) is 19.1 Å². The predicted octanol–water partition coefficient (Wildman–Crippen LogP) is 7.71. The van der Waals surface area contributed by atoms with Gasteiger partial charge in [0.2, 0.25) is 0 Å². The van der Waals surface area contributed by atoms with Crippen LogP contribution < -0.4 is 14.2 Å². The number of esters is 1. The van der Waals surface area contributed by atoms with Crippen LogP contribution in [0.3, 0.4) is 0 Å². The Morgan fingerprint density at radius 1 is 0.944 bits per heavy atom. The summed E-state index contributed by atoms with van der Waals surface area (Å²) >= 11 is 0. The molecule has 0 amide bonds. The van der Waals surface area contributed by atoms with E-state index in [4.69, 9.17) is 14.2 Å². The topological polar surface area (TPSA) is 82.1 Å². The number of benzene rings is 2. The molecular weight excluding hydrogens is 456 g/mol. The molecule has 0 radical (unpaired) electrons. The fraction of sp³-hybridized carbons (Fsp3) is 0.533. The average Bonchev–Trinajstić information content (AvgIpc) is 2.88. The van der Waals surface area contributed by atoms with Crippen LogP contribution in [0.15, 0.2) is 36.4 Å². The van der Waals surface area contributed by atoms with Crippen molar-refractivity contribution in [2.24, 2.45) is 0 Å². The molecule has 0 spiro atoms. The maximum Gasteiger partial charge on any atom is 0.311 e. The van der Waals surface area contributed by atoms with Crippen LogP contribution in [0.4, 0.5) is 0 Å². The van der Waals surface area contributed by atoms with Crippen LogP contribution in [0.5, 0.6) is 23.0 Å². The molecule has 0 saturated heterocycles. The van der Waals surface area contributed by atoms with Crippen molar-refractivity contribution in [3.05, 3.63) is 47.5 Å². The fourth-order valence-corrected chi connectivity index (χ4v) is 4.54. The van der Waals surface area contributed by atoms with Crippen LogP contribution in [0.1, 0.15) is 112 Å². The zero-order valence-electron chi connectivity index (χ0n) is 21.7. The van der Waals surface area contributed by atoms with Gasteiger partial charge in [-0.3, -0.25) is 9.59 Å². The maximum atomic E-state index is 12.6. The minimum absolute atomic E-state index is 0.0362. The maximum absolute atomic E-state index is 12.6. The number of phenols is 1. The van der Waals surface area contributed by atoms with Gasteiger partial charge in [-0.15, -0.1) is 0 Å². The lowest BCUT2D eigenvalue weighted by Crippen LogP contribution is -2.20. The Morgan fingerprint density at radius 2 is 1.61 bits per heavy atom. The molecule has 2 aromatic carbocycles. The second kappa shape index (κ2) is 14.5. The number of methoxy groups -OCH3 is 1. The Balaban J connectivity index is 1.39. The number of phenolic OH excluding ortho intramolecular Hbond substituents is 1. The molecule has 1 heterocycles. The van der Waals surface area contributed by atoms with Gasteiger partial charge >= 0.3 is 5.97 Å². The van der Waals surface area contributed by atoms with E-state index < -0.39 is 6.10 Å². The first-order chi connectivity index (χ1) is 17.5. The third-order valence-electron chi connectivity index (χ3n) is 6.69. The highest BCUT2D eigenvalue weighted by Crippen LogP contribution is 2.39. The zero-order valence-corrected chi connectivity index (χ0v) is 21.7. The molecule has 1 unspecified atom stereocenters. The van der Waals surface area contributed by atoms with E-state index in [-0.39, 0.29) is 29.7 Å². The highest BCUT2D eigenvalue weighted by atomic mass is 16.5. The van der Waals surface area contributed by atoms with Crippen LogP contribution >= 0.6 is 0 Å². The summed E-state index contributed by atoms with van der Waals surface area (Å²) in [5.74, 6) is 0.649. The van der Waals surface area contributed by atoms with Crippen LogP contribution in [-0.2, 0) is 4.79 Å². The van der Waals surface area contributed by atoms with Crippen LogP contribution in [0, 0.1) is 0 Å². The lowest BCUT2D eigenvalue weighted by Gasteiger charge is -2.26. The number of fused-ring (bicyclic) bond motifs is 1. The first kappa shape index (κ1) is 27.6. The Labute approximate surface area is 215 Å². The van der Waals surface area contributed by atoms with Gasteiger partial charge in [0.1, 0.15) is 17.6 Å².